The minimum atomic E-state index is -4.31. The maximum atomic E-state index is 12.7. The van der Waals surface area contributed by atoms with Gasteiger partial charge in [-0.3, -0.25) is 14.5 Å². The number of hydrogen-bond donors (Lipinski definition) is 2. The smallest absolute Gasteiger partial charge is 0.391 e. The van der Waals surface area contributed by atoms with Gasteiger partial charge in [0, 0.05) is 6.04 Å². The zero-order valence-corrected chi connectivity index (χ0v) is 10.2. The van der Waals surface area contributed by atoms with E-state index < -0.39 is 43.2 Å². The molecule has 0 bridgehead atoms. The van der Waals surface area contributed by atoms with Crippen LogP contribution in [-0.4, -0.2) is 52.4 Å². The number of aliphatic carboxylic acids is 2. The molecule has 0 amide bonds. The number of carboxylic acid groups (broad SMARTS) is 2. The van der Waals surface area contributed by atoms with Gasteiger partial charge in [-0.1, -0.05) is 6.42 Å². The van der Waals surface area contributed by atoms with Crippen LogP contribution in [0.5, 0.6) is 0 Å². The molecule has 2 N–H and O–H groups in total. The van der Waals surface area contributed by atoms with E-state index in [0.717, 1.165) is 4.90 Å². The van der Waals surface area contributed by atoms with Gasteiger partial charge in [0.25, 0.3) is 0 Å². The van der Waals surface area contributed by atoms with Gasteiger partial charge in [0.2, 0.25) is 0 Å². The Morgan fingerprint density at radius 2 is 1.63 bits per heavy atom. The molecular formula is C11H16F3NO4. The van der Waals surface area contributed by atoms with Crippen molar-refractivity contribution in [3.63, 3.8) is 0 Å². The van der Waals surface area contributed by atoms with Crippen molar-refractivity contribution in [3.05, 3.63) is 0 Å². The topological polar surface area (TPSA) is 77.8 Å². The van der Waals surface area contributed by atoms with Crippen LogP contribution in [0.2, 0.25) is 0 Å². The van der Waals surface area contributed by atoms with Gasteiger partial charge in [0.05, 0.1) is 19.0 Å². The van der Waals surface area contributed by atoms with E-state index in [1.54, 1.807) is 0 Å². The van der Waals surface area contributed by atoms with Gasteiger partial charge in [0.1, 0.15) is 0 Å². The maximum Gasteiger partial charge on any atom is 0.391 e. The highest BCUT2D eigenvalue weighted by Crippen LogP contribution is 2.38. The van der Waals surface area contributed by atoms with Crippen LogP contribution in [0.25, 0.3) is 0 Å². The Kier molecular flexibility index (Phi) is 5.16. The van der Waals surface area contributed by atoms with Crippen LogP contribution in [0, 0.1) is 5.92 Å². The third-order valence-corrected chi connectivity index (χ3v) is 3.30. The normalized spacial score (nSPS) is 24.4. The van der Waals surface area contributed by atoms with Crippen molar-refractivity contribution in [2.24, 2.45) is 5.92 Å². The third-order valence-electron chi connectivity index (χ3n) is 3.30. The van der Waals surface area contributed by atoms with Crippen molar-refractivity contribution in [2.75, 3.05) is 13.1 Å². The number of halogens is 3. The first-order valence-corrected chi connectivity index (χ1v) is 5.94. The lowest BCUT2D eigenvalue weighted by Crippen LogP contribution is -2.46. The highest BCUT2D eigenvalue weighted by molar-refractivity contribution is 5.72. The van der Waals surface area contributed by atoms with Crippen molar-refractivity contribution in [1.29, 1.82) is 0 Å². The summed E-state index contributed by atoms with van der Waals surface area (Å²) < 4.78 is 38.0. The lowest BCUT2D eigenvalue weighted by molar-refractivity contribution is -0.187. The molecule has 8 heteroatoms. The van der Waals surface area contributed by atoms with Crippen molar-refractivity contribution < 1.29 is 33.0 Å². The fourth-order valence-electron chi connectivity index (χ4n) is 2.45. The number of rotatable bonds is 5. The van der Waals surface area contributed by atoms with Crippen molar-refractivity contribution in [2.45, 2.75) is 37.9 Å². The zero-order valence-electron chi connectivity index (χ0n) is 10.2. The average molecular weight is 283 g/mol. The van der Waals surface area contributed by atoms with E-state index in [0.29, 0.717) is 12.8 Å². The molecule has 1 aliphatic carbocycles. The number of carboxylic acids is 2. The minimum Gasteiger partial charge on any atom is -0.480 e. The van der Waals surface area contributed by atoms with E-state index in [4.69, 9.17) is 10.2 Å². The summed E-state index contributed by atoms with van der Waals surface area (Å²) in [6.45, 7) is -1.11. The fourth-order valence-corrected chi connectivity index (χ4v) is 2.45. The number of alkyl halides is 3. The quantitative estimate of drug-likeness (QED) is 0.801. The second-order valence-electron chi connectivity index (χ2n) is 4.75. The molecule has 0 saturated heterocycles. The lowest BCUT2D eigenvalue weighted by Gasteiger charge is -2.36. The second-order valence-corrected chi connectivity index (χ2v) is 4.75. The van der Waals surface area contributed by atoms with Gasteiger partial charge in [0.15, 0.2) is 0 Å². The standard InChI is InChI=1S/C11H16F3NO4/c12-11(13,14)7-2-1-3-8(4-7)15(5-9(16)17)6-10(18)19/h7-8H,1-6H2,(H,16,17)(H,18,19). The van der Waals surface area contributed by atoms with Crippen LogP contribution in [0.1, 0.15) is 25.7 Å². The third kappa shape index (κ3) is 5.06. The molecule has 0 heterocycles. The van der Waals surface area contributed by atoms with Gasteiger partial charge in [-0.2, -0.15) is 13.2 Å². The van der Waals surface area contributed by atoms with Crippen molar-refractivity contribution in [1.82, 2.24) is 4.90 Å². The highest BCUT2D eigenvalue weighted by Gasteiger charge is 2.43. The van der Waals surface area contributed by atoms with Crippen LogP contribution < -0.4 is 0 Å². The second kappa shape index (κ2) is 6.23. The minimum absolute atomic E-state index is 0.0218. The molecule has 110 valence electrons. The van der Waals surface area contributed by atoms with Crippen LogP contribution >= 0.6 is 0 Å². The van der Waals surface area contributed by atoms with Crippen molar-refractivity contribution >= 4 is 11.9 Å². The molecule has 0 spiro atoms. The van der Waals surface area contributed by atoms with Gasteiger partial charge in [-0.25, -0.2) is 0 Å². The van der Waals surface area contributed by atoms with E-state index in [1.165, 1.54) is 0 Å². The van der Waals surface area contributed by atoms with Gasteiger partial charge in [-0.05, 0) is 19.3 Å². The predicted octanol–water partition coefficient (Wildman–Crippen LogP) is 1.58. The molecule has 1 aliphatic rings. The molecule has 0 aliphatic heterocycles. The SMILES string of the molecule is O=C(O)CN(CC(=O)O)C1CCCC(C(F)(F)F)C1. The molecule has 0 aromatic rings. The Balaban J connectivity index is 2.72. The number of carbonyl (C=O) groups is 2. The molecule has 0 radical (unpaired) electrons. The summed E-state index contributed by atoms with van der Waals surface area (Å²) in [7, 11) is 0. The molecule has 1 saturated carbocycles. The molecule has 1 rings (SSSR count). The average Bonchev–Trinajstić information content (AvgIpc) is 2.26. The number of nitrogens with zero attached hydrogens (tertiary/aromatic N) is 1. The molecule has 0 aromatic heterocycles. The van der Waals surface area contributed by atoms with E-state index in [2.05, 4.69) is 0 Å². The predicted molar refractivity (Wildman–Crippen MR) is 58.6 cm³/mol. The number of hydrogen-bond acceptors (Lipinski definition) is 3. The maximum absolute atomic E-state index is 12.7. The molecule has 19 heavy (non-hydrogen) atoms. The highest BCUT2D eigenvalue weighted by atomic mass is 19.4. The first-order chi connectivity index (χ1) is 8.70. The van der Waals surface area contributed by atoms with Gasteiger partial charge in [-0.15, -0.1) is 0 Å². The summed E-state index contributed by atoms with van der Waals surface area (Å²) in [5.41, 5.74) is 0. The fraction of sp³-hybridized carbons (Fsp3) is 0.818. The van der Waals surface area contributed by atoms with Crippen LogP contribution in [-0.2, 0) is 9.59 Å². The Morgan fingerprint density at radius 3 is 2.05 bits per heavy atom. The Morgan fingerprint density at radius 1 is 1.11 bits per heavy atom. The van der Waals surface area contributed by atoms with Crippen LogP contribution in [0.4, 0.5) is 13.2 Å². The van der Waals surface area contributed by atoms with E-state index in [-0.39, 0.29) is 12.8 Å². The summed E-state index contributed by atoms with van der Waals surface area (Å²) in [6.07, 6.45) is -3.80. The van der Waals surface area contributed by atoms with Crippen molar-refractivity contribution in [3.8, 4) is 0 Å². The molecular weight excluding hydrogens is 267 g/mol. The van der Waals surface area contributed by atoms with E-state index >= 15 is 0 Å². The zero-order chi connectivity index (χ0) is 14.6. The lowest BCUT2D eigenvalue weighted by atomic mass is 9.84. The van der Waals surface area contributed by atoms with Gasteiger partial charge < -0.3 is 10.2 Å². The summed E-state index contributed by atoms with van der Waals surface area (Å²) in [4.78, 5) is 22.4. The Bertz CT molecular complexity index is 329. The molecule has 0 aromatic carbocycles. The Labute approximate surface area is 108 Å². The molecule has 2 unspecified atom stereocenters. The summed E-state index contributed by atoms with van der Waals surface area (Å²) in [5.74, 6) is -3.96. The first-order valence-electron chi connectivity index (χ1n) is 5.94. The summed E-state index contributed by atoms with van der Waals surface area (Å²) in [6, 6.07) is -0.646. The largest absolute Gasteiger partial charge is 0.480 e. The Hall–Kier alpha value is -1.31. The van der Waals surface area contributed by atoms with Crippen LogP contribution in [0.3, 0.4) is 0 Å². The molecule has 5 nitrogen and oxygen atoms in total. The first kappa shape index (κ1) is 15.7. The van der Waals surface area contributed by atoms with Gasteiger partial charge >= 0.3 is 18.1 Å². The van der Waals surface area contributed by atoms with E-state index in [9.17, 15) is 22.8 Å². The monoisotopic (exact) mass is 283 g/mol. The van der Waals surface area contributed by atoms with Crippen LogP contribution in [0.15, 0.2) is 0 Å². The molecule has 2 atom stereocenters. The van der Waals surface area contributed by atoms with E-state index in [1.807, 2.05) is 0 Å². The molecule has 1 fully saturated rings. The summed E-state index contributed by atoms with van der Waals surface area (Å²) >= 11 is 0. The summed E-state index contributed by atoms with van der Waals surface area (Å²) in [5, 5.41) is 17.4.